The maximum absolute atomic E-state index is 13.0. The molecule has 2 heterocycles. The number of carbonyl (C=O) groups excluding carboxylic acids is 1. The molecule has 0 spiro atoms. The largest absolute Gasteiger partial charge is 0.400 e. The summed E-state index contributed by atoms with van der Waals surface area (Å²) in [6.07, 6.45) is 6.68. The Morgan fingerprint density at radius 2 is 1.84 bits per heavy atom. The lowest BCUT2D eigenvalue weighted by Gasteiger charge is -2.20. The number of hydrogen-bond donors (Lipinski definition) is 2. The van der Waals surface area contributed by atoms with Gasteiger partial charge in [0.15, 0.2) is 0 Å². The molecule has 4 rings (SSSR count). The number of anilines is 1. The lowest BCUT2D eigenvalue weighted by Crippen LogP contribution is -2.31. The first-order valence-electron chi connectivity index (χ1n) is 13.6. The van der Waals surface area contributed by atoms with Crippen LogP contribution in [0, 0.1) is 0 Å². The van der Waals surface area contributed by atoms with Crippen LogP contribution in [-0.4, -0.2) is 46.4 Å². The molecule has 38 heavy (non-hydrogen) atoms. The molecule has 1 aromatic heterocycles. The number of nitrogens with one attached hydrogen (secondary N) is 1. The van der Waals surface area contributed by atoms with E-state index >= 15 is 0 Å². The second-order valence-corrected chi connectivity index (χ2v) is 9.67. The summed E-state index contributed by atoms with van der Waals surface area (Å²) in [7, 11) is 4.27. The van der Waals surface area contributed by atoms with E-state index in [-0.39, 0.29) is 5.91 Å². The molecule has 7 nitrogen and oxygen atoms in total. The van der Waals surface area contributed by atoms with Gasteiger partial charge < -0.3 is 20.5 Å². The third-order valence-corrected chi connectivity index (χ3v) is 6.84. The number of allylic oxidation sites excluding steroid dienone is 2. The summed E-state index contributed by atoms with van der Waals surface area (Å²) < 4.78 is 2.03. The minimum absolute atomic E-state index is 0.0973. The van der Waals surface area contributed by atoms with Crippen molar-refractivity contribution >= 4 is 35.9 Å². The summed E-state index contributed by atoms with van der Waals surface area (Å²) in [5.41, 5.74) is 13.1. The number of aryl methyl sites for hydroxylation is 1. The van der Waals surface area contributed by atoms with E-state index in [9.17, 15) is 4.79 Å². The Balaban J connectivity index is 1.61. The van der Waals surface area contributed by atoms with Gasteiger partial charge in [-0.1, -0.05) is 56.8 Å². The molecule has 1 fully saturated rings. The normalized spacial score (nSPS) is 15.6. The van der Waals surface area contributed by atoms with E-state index in [1.165, 1.54) is 0 Å². The van der Waals surface area contributed by atoms with Crippen molar-refractivity contribution in [1.82, 2.24) is 14.5 Å². The van der Waals surface area contributed by atoms with E-state index in [1.807, 2.05) is 65.9 Å². The van der Waals surface area contributed by atoms with E-state index in [4.69, 9.17) is 15.7 Å². The maximum atomic E-state index is 13.0. The molecule has 8 heteroatoms. The van der Waals surface area contributed by atoms with Crippen LogP contribution in [0.2, 0.25) is 12.6 Å². The molecule has 3 N–H and O–H groups in total. The van der Waals surface area contributed by atoms with Crippen molar-refractivity contribution in [2.24, 2.45) is 17.8 Å². The van der Waals surface area contributed by atoms with Gasteiger partial charge in [0.1, 0.15) is 13.0 Å². The maximum Gasteiger partial charge on any atom is 0.253 e. The van der Waals surface area contributed by atoms with Crippen molar-refractivity contribution in [2.75, 3.05) is 18.4 Å². The third kappa shape index (κ3) is 6.18. The molecule has 1 amide bonds. The quantitative estimate of drug-likeness (QED) is 0.230. The number of rotatable bonds is 8. The summed E-state index contributed by atoms with van der Waals surface area (Å²) in [6, 6.07) is 15.9. The van der Waals surface area contributed by atoms with Gasteiger partial charge in [-0.25, -0.2) is 9.98 Å². The molecule has 0 aliphatic carbocycles. The van der Waals surface area contributed by atoms with E-state index in [1.54, 1.807) is 0 Å². The van der Waals surface area contributed by atoms with Gasteiger partial charge in [-0.2, -0.15) is 0 Å². The minimum atomic E-state index is 0.0973. The number of aliphatic imine (C=N–C) groups is 1. The first kappa shape index (κ1) is 27.2. The molecule has 197 valence electrons. The Labute approximate surface area is 226 Å². The molecule has 3 aromatic rings. The standard InChI is InChI=1S/C30H38BN6O/c1-5-10-26(35-30-34-25-11-7-8-12-27(25)36(30)4)28(21(3)32)33-24(6-2)22-13-15-23(16-14-22)29(38)37-19-9-17-31-18-20-37/h7-8,10-16H,5-6,9,17-20,32H2,1-4H3,(H,34,35)/b26-10+,28-21+,33-24?. The predicted octanol–water partition coefficient (Wildman–Crippen LogP) is 5.76. The Morgan fingerprint density at radius 1 is 1.11 bits per heavy atom. The fourth-order valence-corrected chi connectivity index (χ4v) is 4.75. The SMILES string of the molecule is CC/C=C(Nc1nc2ccccc2n1C)\C(N=C(CC)c1ccc(C(=O)N2CC[B]CCC2)cc1)=C(\C)N. The van der Waals surface area contributed by atoms with E-state index in [0.29, 0.717) is 17.0 Å². The number of carbonyl (C=O) groups is 1. The highest BCUT2D eigenvalue weighted by Crippen LogP contribution is 2.24. The van der Waals surface area contributed by atoms with Crippen LogP contribution in [0.5, 0.6) is 0 Å². The number of aromatic nitrogens is 2. The number of nitrogens with two attached hydrogens (primary N) is 1. The van der Waals surface area contributed by atoms with Crippen LogP contribution in [0.25, 0.3) is 11.0 Å². The Morgan fingerprint density at radius 3 is 2.53 bits per heavy atom. The van der Waals surface area contributed by atoms with E-state index in [2.05, 4.69) is 38.6 Å². The average Bonchev–Trinajstić information content (AvgIpc) is 3.08. The van der Waals surface area contributed by atoms with E-state index < -0.39 is 0 Å². The molecule has 1 aliphatic rings. The number of benzene rings is 2. The topological polar surface area (TPSA) is 88.5 Å². The molecule has 1 aliphatic heterocycles. The number of imidazole rings is 1. The van der Waals surface area contributed by atoms with Crippen molar-refractivity contribution in [3.05, 3.63) is 82.8 Å². The molecule has 0 unspecified atom stereocenters. The van der Waals surface area contributed by atoms with Crippen LogP contribution in [0.15, 0.2) is 76.7 Å². The number of amides is 1. The third-order valence-electron chi connectivity index (χ3n) is 6.84. The van der Waals surface area contributed by atoms with Crippen molar-refractivity contribution < 1.29 is 4.79 Å². The molecule has 0 saturated carbocycles. The van der Waals surface area contributed by atoms with Crippen molar-refractivity contribution in [3.63, 3.8) is 0 Å². The highest BCUT2D eigenvalue weighted by molar-refractivity contribution is 6.35. The van der Waals surface area contributed by atoms with Gasteiger partial charge in [0, 0.05) is 37.1 Å². The van der Waals surface area contributed by atoms with Crippen LogP contribution in [-0.2, 0) is 7.05 Å². The van der Waals surface area contributed by atoms with Crippen LogP contribution >= 0.6 is 0 Å². The van der Waals surface area contributed by atoms with Gasteiger partial charge >= 0.3 is 0 Å². The Hall–Kier alpha value is -3.81. The van der Waals surface area contributed by atoms with Crippen molar-refractivity contribution in [3.8, 4) is 0 Å². The zero-order valence-electron chi connectivity index (χ0n) is 23.0. The lowest BCUT2D eigenvalue weighted by molar-refractivity contribution is 0.0767. The predicted molar refractivity (Wildman–Crippen MR) is 159 cm³/mol. The zero-order chi connectivity index (χ0) is 27.1. The smallest absolute Gasteiger partial charge is 0.253 e. The summed E-state index contributed by atoms with van der Waals surface area (Å²) in [4.78, 5) is 24.8. The summed E-state index contributed by atoms with van der Waals surface area (Å²) in [5, 5.41) is 3.48. The van der Waals surface area contributed by atoms with Gasteiger partial charge in [-0.05, 0) is 56.0 Å². The summed E-state index contributed by atoms with van der Waals surface area (Å²) in [6.45, 7) is 7.64. The van der Waals surface area contributed by atoms with Gasteiger partial charge in [-0.3, -0.25) is 4.79 Å². The minimum Gasteiger partial charge on any atom is -0.400 e. The molecular formula is C30H38BN6O. The molecule has 0 bridgehead atoms. The van der Waals surface area contributed by atoms with Gasteiger partial charge in [0.25, 0.3) is 5.91 Å². The second-order valence-electron chi connectivity index (χ2n) is 9.67. The molecule has 1 radical (unpaired) electrons. The molecule has 0 atom stereocenters. The zero-order valence-corrected chi connectivity index (χ0v) is 23.0. The van der Waals surface area contributed by atoms with Crippen LogP contribution < -0.4 is 11.1 Å². The van der Waals surface area contributed by atoms with Crippen LogP contribution in [0.1, 0.15) is 56.0 Å². The first-order chi connectivity index (χ1) is 18.4. The summed E-state index contributed by atoms with van der Waals surface area (Å²) >= 11 is 0. The van der Waals surface area contributed by atoms with Crippen LogP contribution in [0.3, 0.4) is 0 Å². The van der Waals surface area contributed by atoms with Crippen molar-refractivity contribution in [2.45, 2.75) is 52.7 Å². The lowest BCUT2D eigenvalue weighted by atomic mass is 9.71. The monoisotopic (exact) mass is 509 g/mol. The van der Waals surface area contributed by atoms with Gasteiger partial charge in [0.05, 0.1) is 16.7 Å². The Bertz CT molecular complexity index is 1360. The fourth-order valence-electron chi connectivity index (χ4n) is 4.75. The number of para-hydroxylation sites is 2. The fraction of sp³-hybridized carbons (Fsp3) is 0.367. The van der Waals surface area contributed by atoms with Gasteiger partial charge in [0.2, 0.25) is 5.95 Å². The Kier molecular flexibility index (Phi) is 9.05. The highest BCUT2D eigenvalue weighted by atomic mass is 16.2. The average molecular weight is 509 g/mol. The van der Waals surface area contributed by atoms with Gasteiger partial charge in [-0.15, -0.1) is 0 Å². The van der Waals surface area contributed by atoms with Crippen LogP contribution in [0.4, 0.5) is 5.95 Å². The summed E-state index contributed by atoms with van der Waals surface area (Å²) in [5.74, 6) is 0.826. The number of nitrogens with zero attached hydrogens (tertiary/aromatic N) is 4. The molecular weight excluding hydrogens is 471 g/mol. The number of hydrogen-bond acceptors (Lipinski definition) is 5. The highest BCUT2D eigenvalue weighted by Gasteiger charge is 2.18. The molecule has 1 saturated heterocycles. The van der Waals surface area contributed by atoms with Crippen molar-refractivity contribution in [1.29, 1.82) is 0 Å². The molecule has 2 aromatic carbocycles. The first-order valence-corrected chi connectivity index (χ1v) is 13.6. The number of fused-ring (bicyclic) bond motifs is 1. The van der Waals surface area contributed by atoms with E-state index in [0.717, 1.165) is 78.9 Å². The second kappa shape index (κ2) is 12.6.